The molecule has 1 fully saturated rings. The lowest BCUT2D eigenvalue weighted by atomic mass is 10.0. The third-order valence-electron chi connectivity index (χ3n) is 5.00. The molecule has 0 unspecified atom stereocenters. The van der Waals surface area contributed by atoms with Crippen LogP contribution >= 0.6 is 15.9 Å². The van der Waals surface area contributed by atoms with E-state index >= 15 is 0 Å². The summed E-state index contributed by atoms with van der Waals surface area (Å²) < 4.78 is 0.987. The molecule has 1 aromatic heterocycles. The Bertz CT molecular complexity index is 852. The minimum atomic E-state index is -0.0206. The lowest BCUT2D eigenvalue weighted by Gasteiger charge is -2.36. The van der Waals surface area contributed by atoms with Gasteiger partial charge in [0.25, 0.3) is 0 Å². The van der Waals surface area contributed by atoms with Gasteiger partial charge in [-0.3, -0.25) is 9.59 Å². The molecule has 140 valence electrons. The fourth-order valence-electron chi connectivity index (χ4n) is 3.55. The standard InChI is InChI=1S/C19H20BrN5O2/c20-15-3-4-16-14(12-15)2-5-17(26)25(16)13-18(27)23-8-10-24(11-9-23)19-21-6-1-7-22-19/h1,3-4,6-7,12H,2,5,8-11,13H2. The van der Waals surface area contributed by atoms with E-state index in [0.717, 1.165) is 15.7 Å². The second-order valence-corrected chi connectivity index (χ2v) is 7.59. The van der Waals surface area contributed by atoms with Gasteiger partial charge in [0.2, 0.25) is 17.8 Å². The first kappa shape index (κ1) is 17.9. The summed E-state index contributed by atoms with van der Waals surface area (Å²) >= 11 is 3.47. The summed E-state index contributed by atoms with van der Waals surface area (Å²) in [6.07, 6.45) is 4.60. The normalized spacial score (nSPS) is 17.1. The maximum Gasteiger partial charge on any atom is 0.242 e. The Labute approximate surface area is 166 Å². The predicted molar refractivity (Wildman–Crippen MR) is 106 cm³/mol. The Hall–Kier alpha value is -2.48. The number of fused-ring (bicyclic) bond motifs is 1. The van der Waals surface area contributed by atoms with Crippen LogP contribution in [0.1, 0.15) is 12.0 Å². The number of aromatic nitrogens is 2. The molecule has 0 bridgehead atoms. The van der Waals surface area contributed by atoms with Crippen LogP contribution in [0.25, 0.3) is 0 Å². The monoisotopic (exact) mass is 429 g/mol. The molecule has 2 aliphatic rings. The van der Waals surface area contributed by atoms with Crippen LogP contribution in [0.5, 0.6) is 0 Å². The number of aryl methyl sites for hydroxylation is 1. The minimum absolute atomic E-state index is 0.00879. The number of carbonyl (C=O) groups is 2. The SMILES string of the molecule is O=C(CN1C(=O)CCc2cc(Br)ccc21)N1CCN(c2ncccn2)CC1. The smallest absolute Gasteiger partial charge is 0.242 e. The molecule has 1 saturated heterocycles. The van der Waals surface area contributed by atoms with Crippen LogP contribution in [-0.2, 0) is 16.0 Å². The van der Waals surface area contributed by atoms with Crippen molar-refractivity contribution in [3.05, 3.63) is 46.7 Å². The third-order valence-corrected chi connectivity index (χ3v) is 5.50. The zero-order valence-corrected chi connectivity index (χ0v) is 16.4. The largest absolute Gasteiger partial charge is 0.338 e. The number of hydrogen-bond acceptors (Lipinski definition) is 5. The van der Waals surface area contributed by atoms with Gasteiger partial charge in [-0.1, -0.05) is 15.9 Å². The zero-order valence-electron chi connectivity index (χ0n) is 14.8. The number of halogens is 1. The van der Waals surface area contributed by atoms with Crippen molar-refractivity contribution < 1.29 is 9.59 Å². The van der Waals surface area contributed by atoms with E-state index in [1.165, 1.54) is 0 Å². The van der Waals surface area contributed by atoms with E-state index in [2.05, 4.69) is 30.8 Å². The number of carbonyl (C=O) groups excluding carboxylic acids is 2. The van der Waals surface area contributed by atoms with Crippen LogP contribution in [0.4, 0.5) is 11.6 Å². The molecule has 3 heterocycles. The highest BCUT2D eigenvalue weighted by molar-refractivity contribution is 9.10. The second kappa shape index (κ2) is 7.64. The minimum Gasteiger partial charge on any atom is -0.338 e. The molecule has 1 aromatic carbocycles. The van der Waals surface area contributed by atoms with Crippen molar-refractivity contribution in [1.82, 2.24) is 14.9 Å². The molecule has 0 N–H and O–H groups in total. The second-order valence-electron chi connectivity index (χ2n) is 6.67. The Morgan fingerprint density at radius 2 is 1.81 bits per heavy atom. The summed E-state index contributed by atoms with van der Waals surface area (Å²) in [7, 11) is 0. The van der Waals surface area contributed by atoms with Crippen molar-refractivity contribution >= 4 is 39.4 Å². The summed E-state index contributed by atoms with van der Waals surface area (Å²) in [5, 5.41) is 0. The van der Waals surface area contributed by atoms with Crippen LogP contribution in [0.15, 0.2) is 41.1 Å². The highest BCUT2D eigenvalue weighted by atomic mass is 79.9. The predicted octanol–water partition coefficient (Wildman–Crippen LogP) is 1.87. The van der Waals surface area contributed by atoms with Gasteiger partial charge in [-0.05, 0) is 36.2 Å². The fourth-order valence-corrected chi connectivity index (χ4v) is 3.96. The molecule has 7 nitrogen and oxygen atoms in total. The van der Waals surface area contributed by atoms with Gasteiger partial charge in [0.05, 0.1) is 0 Å². The van der Waals surface area contributed by atoms with Crippen molar-refractivity contribution in [3.8, 4) is 0 Å². The van der Waals surface area contributed by atoms with Crippen LogP contribution < -0.4 is 9.80 Å². The molecule has 2 amide bonds. The quantitative estimate of drug-likeness (QED) is 0.744. The van der Waals surface area contributed by atoms with Crippen LogP contribution in [0, 0.1) is 0 Å². The molecule has 0 atom stereocenters. The molecule has 27 heavy (non-hydrogen) atoms. The zero-order chi connectivity index (χ0) is 18.8. The first-order chi connectivity index (χ1) is 13.1. The number of amides is 2. The lowest BCUT2D eigenvalue weighted by molar-refractivity contribution is -0.131. The van der Waals surface area contributed by atoms with Gasteiger partial charge in [-0.2, -0.15) is 0 Å². The van der Waals surface area contributed by atoms with Crippen molar-refractivity contribution in [2.24, 2.45) is 0 Å². The summed E-state index contributed by atoms with van der Waals surface area (Å²) in [6, 6.07) is 7.63. The van der Waals surface area contributed by atoms with Gasteiger partial charge in [0.15, 0.2) is 0 Å². The molecule has 0 saturated carbocycles. The Balaban J connectivity index is 1.41. The first-order valence-corrected chi connectivity index (χ1v) is 9.79. The van der Waals surface area contributed by atoms with Crippen molar-refractivity contribution in [2.45, 2.75) is 12.8 Å². The van der Waals surface area contributed by atoms with Gasteiger partial charge >= 0.3 is 0 Å². The topological polar surface area (TPSA) is 69.6 Å². The Morgan fingerprint density at radius 1 is 1.07 bits per heavy atom. The van der Waals surface area contributed by atoms with E-state index in [9.17, 15) is 9.59 Å². The van der Waals surface area contributed by atoms with E-state index in [1.54, 1.807) is 23.4 Å². The maximum atomic E-state index is 12.8. The molecule has 0 aliphatic carbocycles. The van der Waals surface area contributed by atoms with E-state index < -0.39 is 0 Å². The van der Waals surface area contributed by atoms with Crippen LogP contribution in [0.3, 0.4) is 0 Å². The molecular weight excluding hydrogens is 410 g/mol. The van der Waals surface area contributed by atoms with Gasteiger partial charge < -0.3 is 14.7 Å². The van der Waals surface area contributed by atoms with Gasteiger partial charge in [-0.15, -0.1) is 0 Å². The fraction of sp³-hybridized carbons (Fsp3) is 0.368. The third kappa shape index (κ3) is 3.80. The van der Waals surface area contributed by atoms with E-state index in [-0.39, 0.29) is 18.4 Å². The van der Waals surface area contributed by atoms with E-state index in [1.807, 2.05) is 23.1 Å². The summed E-state index contributed by atoms with van der Waals surface area (Å²) in [6.45, 7) is 2.67. The number of hydrogen-bond donors (Lipinski definition) is 0. The van der Waals surface area contributed by atoms with Crippen molar-refractivity contribution in [3.63, 3.8) is 0 Å². The van der Waals surface area contributed by atoms with E-state index in [0.29, 0.717) is 45.0 Å². The summed E-state index contributed by atoms with van der Waals surface area (Å²) in [5.41, 5.74) is 1.95. The van der Waals surface area contributed by atoms with Crippen LogP contribution in [0.2, 0.25) is 0 Å². The van der Waals surface area contributed by atoms with Gasteiger partial charge in [0.1, 0.15) is 6.54 Å². The average Bonchev–Trinajstić information content (AvgIpc) is 2.71. The summed E-state index contributed by atoms with van der Waals surface area (Å²) in [4.78, 5) is 39.3. The molecule has 8 heteroatoms. The van der Waals surface area contributed by atoms with Crippen molar-refractivity contribution in [1.29, 1.82) is 0 Å². The first-order valence-electron chi connectivity index (χ1n) is 9.00. The Morgan fingerprint density at radius 3 is 2.56 bits per heavy atom. The molecule has 2 aliphatic heterocycles. The highest BCUT2D eigenvalue weighted by Gasteiger charge is 2.29. The lowest BCUT2D eigenvalue weighted by Crippen LogP contribution is -2.52. The molecule has 2 aromatic rings. The number of piperazine rings is 1. The van der Waals surface area contributed by atoms with Gasteiger partial charge in [-0.25, -0.2) is 9.97 Å². The molecule has 0 radical (unpaired) electrons. The average molecular weight is 430 g/mol. The Kier molecular flexibility index (Phi) is 5.07. The molecule has 0 spiro atoms. The summed E-state index contributed by atoms with van der Waals surface area (Å²) in [5.74, 6) is 0.678. The number of benzene rings is 1. The molecule has 4 rings (SSSR count). The number of anilines is 2. The number of rotatable bonds is 3. The molecular formula is C19H20BrN5O2. The highest BCUT2D eigenvalue weighted by Crippen LogP contribution is 2.30. The van der Waals surface area contributed by atoms with Gasteiger partial charge in [0, 0.05) is 55.2 Å². The van der Waals surface area contributed by atoms with Crippen molar-refractivity contribution in [2.75, 3.05) is 42.5 Å². The van der Waals surface area contributed by atoms with Crippen LogP contribution in [-0.4, -0.2) is 59.4 Å². The van der Waals surface area contributed by atoms with E-state index in [4.69, 9.17) is 0 Å². The maximum absolute atomic E-state index is 12.8. The number of nitrogens with zero attached hydrogens (tertiary/aromatic N) is 5.